The van der Waals surface area contributed by atoms with E-state index in [1.54, 1.807) is 0 Å². The summed E-state index contributed by atoms with van der Waals surface area (Å²) in [5.41, 5.74) is 11.6. The fraction of sp³-hybridized carbons (Fsp3) is 0.391. The summed E-state index contributed by atoms with van der Waals surface area (Å²) in [5.74, 6) is -0.255. The number of nitrogens with two attached hydrogens (primary N) is 1. The average molecular weight is 375 g/mol. The van der Waals surface area contributed by atoms with Crippen LogP contribution in [0.2, 0.25) is 0 Å². The highest BCUT2D eigenvalue weighted by molar-refractivity contribution is 5.86. The molecule has 1 heterocycles. The Hall–Kier alpha value is -2.68. The zero-order chi connectivity index (χ0) is 19.6. The first-order valence-corrected chi connectivity index (χ1v) is 9.86. The Balaban J connectivity index is 1.48. The number of nitrogens with one attached hydrogen (secondary N) is 1. The molecule has 1 atom stereocenters. The van der Waals surface area contributed by atoms with Crippen LogP contribution in [-0.4, -0.2) is 30.7 Å². The van der Waals surface area contributed by atoms with Gasteiger partial charge in [0.1, 0.15) is 6.04 Å². The van der Waals surface area contributed by atoms with Gasteiger partial charge >= 0.3 is 0 Å². The smallest absolute Gasteiger partial charge is 0.241 e. The summed E-state index contributed by atoms with van der Waals surface area (Å²) in [6, 6.07) is 16.5. The minimum absolute atomic E-state index is 0.255. The molecule has 144 valence electrons. The lowest BCUT2D eigenvalue weighted by Gasteiger charge is -2.32. The topological polar surface area (TPSA) is 88.1 Å². The van der Waals surface area contributed by atoms with Gasteiger partial charge in [-0.2, -0.15) is 5.26 Å². The normalized spacial score (nSPS) is 18.3. The number of benzene rings is 2. The van der Waals surface area contributed by atoms with Crippen LogP contribution in [0.5, 0.6) is 0 Å². The second kappa shape index (κ2) is 7.75. The summed E-state index contributed by atoms with van der Waals surface area (Å²) < 4.78 is 5.29. The van der Waals surface area contributed by atoms with Crippen LogP contribution in [0.4, 0.5) is 0 Å². The summed E-state index contributed by atoms with van der Waals surface area (Å²) in [7, 11) is 0. The number of hydrogen-bond acceptors (Lipinski definition) is 4. The molecule has 1 aliphatic heterocycles. The second-order valence-electron chi connectivity index (χ2n) is 7.78. The van der Waals surface area contributed by atoms with Crippen LogP contribution in [0.25, 0.3) is 11.1 Å². The van der Waals surface area contributed by atoms with Crippen molar-refractivity contribution in [3.63, 3.8) is 0 Å². The number of hydrogen-bond donors (Lipinski definition) is 2. The van der Waals surface area contributed by atoms with E-state index in [0.717, 1.165) is 18.4 Å². The number of amides is 1. The number of nitrogens with zero attached hydrogens (tertiary/aromatic N) is 1. The van der Waals surface area contributed by atoms with Crippen LogP contribution in [0.3, 0.4) is 0 Å². The van der Waals surface area contributed by atoms with Crippen molar-refractivity contribution in [1.29, 1.82) is 5.26 Å². The van der Waals surface area contributed by atoms with Gasteiger partial charge < -0.3 is 15.8 Å². The quantitative estimate of drug-likeness (QED) is 0.859. The lowest BCUT2D eigenvalue weighted by atomic mass is 9.84. The first-order chi connectivity index (χ1) is 13.6. The van der Waals surface area contributed by atoms with E-state index in [-0.39, 0.29) is 5.91 Å². The number of ether oxygens (including phenoxy) is 1. The predicted molar refractivity (Wildman–Crippen MR) is 108 cm³/mol. The first-order valence-electron chi connectivity index (χ1n) is 9.86. The van der Waals surface area contributed by atoms with Gasteiger partial charge in [0.05, 0.1) is 11.6 Å². The Morgan fingerprint density at radius 3 is 2.64 bits per heavy atom. The van der Waals surface area contributed by atoms with Crippen molar-refractivity contribution in [2.75, 3.05) is 13.2 Å². The van der Waals surface area contributed by atoms with E-state index in [1.807, 2.05) is 0 Å². The number of aryl methyl sites for hydroxylation is 2. The maximum atomic E-state index is 12.6. The molecule has 1 amide bonds. The van der Waals surface area contributed by atoms with Crippen LogP contribution in [-0.2, 0) is 28.8 Å². The largest absolute Gasteiger partial charge is 0.381 e. The van der Waals surface area contributed by atoms with Crippen molar-refractivity contribution in [3.8, 4) is 17.2 Å². The van der Waals surface area contributed by atoms with Gasteiger partial charge in [0.2, 0.25) is 5.91 Å². The highest BCUT2D eigenvalue weighted by atomic mass is 16.5. The monoisotopic (exact) mass is 375 g/mol. The minimum atomic E-state index is -0.938. The van der Waals surface area contributed by atoms with Gasteiger partial charge in [-0.1, -0.05) is 42.5 Å². The molecule has 0 unspecified atom stereocenters. The third-order valence-corrected chi connectivity index (χ3v) is 5.88. The van der Waals surface area contributed by atoms with Gasteiger partial charge in [0, 0.05) is 19.6 Å². The molecular weight excluding hydrogens is 350 g/mol. The molecule has 1 aliphatic carbocycles. The molecule has 4 rings (SSSR count). The Morgan fingerprint density at radius 1 is 1.14 bits per heavy atom. The van der Waals surface area contributed by atoms with E-state index in [9.17, 15) is 10.1 Å². The summed E-state index contributed by atoms with van der Waals surface area (Å²) in [6.45, 7) is 0.959. The van der Waals surface area contributed by atoms with Gasteiger partial charge in [-0.05, 0) is 53.5 Å². The molecule has 0 saturated carbocycles. The lowest BCUT2D eigenvalue weighted by Crippen LogP contribution is -2.58. The minimum Gasteiger partial charge on any atom is -0.381 e. The summed E-state index contributed by atoms with van der Waals surface area (Å²) in [6.07, 6.45) is 3.46. The molecule has 3 N–H and O–H groups in total. The zero-order valence-corrected chi connectivity index (χ0v) is 15.9. The van der Waals surface area contributed by atoms with E-state index in [1.165, 1.54) is 22.3 Å². The molecular formula is C23H25N3O2. The Labute approximate surface area is 165 Å². The molecule has 0 bridgehead atoms. The van der Waals surface area contributed by atoms with Crippen molar-refractivity contribution in [1.82, 2.24) is 5.32 Å². The average Bonchev–Trinajstić information content (AvgIpc) is 2.73. The highest BCUT2D eigenvalue weighted by Gasteiger charge is 2.36. The Kier molecular flexibility index (Phi) is 5.17. The SMILES string of the molecule is N#C[C@@H](Cc1ccc2c(c1)CCc1ccccc1-2)NC(=O)C1(N)CCOCC1. The van der Waals surface area contributed by atoms with Crippen LogP contribution in [0.15, 0.2) is 42.5 Å². The zero-order valence-electron chi connectivity index (χ0n) is 15.9. The van der Waals surface area contributed by atoms with Gasteiger partial charge in [-0.25, -0.2) is 0 Å². The van der Waals surface area contributed by atoms with E-state index in [4.69, 9.17) is 10.5 Å². The maximum Gasteiger partial charge on any atom is 0.241 e. The Morgan fingerprint density at radius 2 is 1.86 bits per heavy atom. The third kappa shape index (κ3) is 3.66. The predicted octanol–water partition coefficient (Wildman–Crippen LogP) is 2.51. The van der Waals surface area contributed by atoms with Crippen LogP contribution >= 0.6 is 0 Å². The third-order valence-electron chi connectivity index (χ3n) is 5.88. The van der Waals surface area contributed by atoms with E-state index in [0.29, 0.717) is 32.5 Å². The molecule has 1 fully saturated rings. The standard InChI is InChI=1S/C23H25N3O2/c24-15-19(26-22(27)23(25)9-11-28-12-10-23)14-16-5-8-21-18(13-16)7-6-17-3-1-2-4-20(17)21/h1-5,8,13,19H,6-7,9-12,14,25H2,(H,26,27)/t19-/m1/s1. The van der Waals surface area contributed by atoms with Crippen molar-refractivity contribution < 1.29 is 9.53 Å². The highest BCUT2D eigenvalue weighted by Crippen LogP contribution is 2.34. The van der Waals surface area contributed by atoms with Crippen LogP contribution in [0.1, 0.15) is 29.5 Å². The molecule has 0 radical (unpaired) electrons. The summed E-state index contributed by atoms with van der Waals surface area (Å²) in [4.78, 5) is 12.6. The van der Waals surface area contributed by atoms with Crippen LogP contribution in [0, 0.1) is 11.3 Å². The number of nitriles is 1. The second-order valence-corrected chi connectivity index (χ2v) is 7.78. The van der Waals surface area contributed by atoms with Crippen molar-refractivity contribution in [2.45, 2.75) is 43.7 Å². The number of rotatable bonds is 4. The van der Waals surface area contributed by atoms with Crippen molar-refractivity contribution >= 4 is 5.91 Å². The van der Waals surface area contributed by atoms with E-state index >= 15 is 0 Å². The van der Waals surface area contributed by atoms with E-state index in [2.05, 4.69) is 53.9 Å². The molecule has 28 heavy (non-hydrogen) atoms. The molecule has 0 aromatic heterocycles. The fourth-order valence-electron chi connectivity index (χ4n) is 4.14. The van der Waals surface area contributed by atoms with Gasteiger partial charge in [0.15, 0.2) is 0 Å². The molecule has 0 spiro atoms. The maximum absolute atomic E-state index is 12.6. The van der Waals surface area contributed by atoms with E-state index < -0.39 is 11.6 Å². The van der Waals surface area contributed by atoms with Crippen LogP contribution < -0.4 is 11.1 Å². The summed E-state index contributed by atoms with van der Waals surface area (Å²) in [5, 5.41) is 12.4. The number of fused-ring (bicyclic) bond motifs is 3. The molecule has 1 saturated heterocycles. The van der Waals surface area contributed by atoms with Crippen molar-refractivity contribution in [2.24, 2.45) is 5.73 Å². The van der Waals surface area contributed by atoms with Crippen molar-refractivity contribution in [3.05, 3.63) is 59.2 Å². The molecule has 5 nitrogen and oxygen atoms in total. The Bertz CT molecular complexity index is 926. The fourth-order valence-corrected chi connectivity index (χ4v) is 4.14. The molecule has 5 heteroatoms. The lowest BCUT2D eigenvalue weighted by molar-refractivity contribution is -0.130. The molecule has 2 aliphatic rings. The van der Waals surface area contributed by atoms with Gasteiger partial charge in [-0.15, -0.1) is 0 Å². The molecule has 2 aromatic rings. The van der Waals surface area contributed by atoms with Gasteiger partial charge in [0.25, 0.3) is 0 Å². The first kappa shape index (κ1) is 18.7. The number of carbonyl (C=O) groups excluding carboxylic acids is 1. The molecule has 2 aromatic carbocycles. The van der Waals surface area contributed by atoms with Gasteiger partial charge in [-0.3, -0.25) is 4.79 Å². The number of carbonyl (C=O) groups is 1. The summed E-state index contributed by atoms with van der Waals surface area (Å²) >= 11 is 0.